The summed E-state index contributed by atoms with van der Waals surface area (Å²) in [6.07, 6.45) is -3.88. The van der Waals surface area contributed by atoms with Crippen molar-refractivity contribution in [2.45, 2.75) is 25.9 Å². The number of amides is 1. The van der Waals surface area contributed by atoms with Gasteiger partial charge in [0.25, 0.3) is 0 Å². The lowest BCUT2D eigenvalue weighted by molar-refractivity contribution is -0.137. The first-order chi connectivity index (χ1) is 11.6. The van der Waals surface area contributed by atoms with Crippen LogP contribution in [0.4, 0.5) is 18.9 Å². The molecule has 0 aromatic heterocycles. The Kier molecular flexibility index (Phi) is 5.94. The zero-order valence-corrected chi connectivity index (χ0v) is 14.5. The molecule has 1 aliphatic rings. The largest absolute Gasteiger partial charge is 0.418 e. The van der Waals surface area contributed by atoms with E-state index in [-0.39, 0.29) is 24.5 Å². The smallest absolute Gasteiger partial charge is 0.298 e. The molecule has 0 atom stereocenters. The number of sulfonamides is 1. The second-order valence-electron chi connectivity index (χ2n) is 5.73. The number of hydrogen-bond donors (Lipinski definition) is 2. The number of nitrogens with one attached hydrogen (secondary N) is 2. The predicted molar refractivity (Wildman–Crippen MR) is 87.0 cm³/mol. The maximum absolute atomic E-state index is 12.9. The molecule has 1 fully saturated rings. The summed E-state index contributed by atoms with van der Waals surface area (Å²) in [5.74, 6) is -0.904. The van der Waals surface area contributed by atoms with Gasteiger partial charge in [-0.05, 0) is 31.9 Å². The Morgan fingerprint density at radius 3 is 2.40 bits per heavy atom. The van der Waals surface area contributed by atoms with Crippen LogP contribution < -0.4 is 10.9 Å². The van der Waals surface area contributed by atoms with Crippen LogP contribution in [0.25, 0.3) is 0 Å². The normalized spacial score (nSPS) is 17.3. The molecule has 25 heavy (non-hydrogen) atoms. The van der Waals surface area contributed by atoms with Crippen LogP contribution in [0, 0.1) is 5.92 Å². The Bertz CT molecular complexity index is 714. The highest BCUT2D eigenvalue weighted by Gasteiger charge is 2.34. The molecule has 0 aliphatic carbocycles. The molecule has 0 spiro atoms. The van der Waals surface area contributed by atoms with E-state index in [1.54, 1.807) is 6.92 Å². The maximum atomic E-state index is 12.9. The van der Waals surface area contributed by atoms with Gasteiger partial charge in [-0.25, -0.2) is 12.7 Å². The van der Waals surface area contributed by atoms with Crippen molar-refractivity contribution in [3.63, 3.8) is 0 Å². The molecular weight excluding hydrogens is 359 g/mol. The summed E-state index contributed by atoms with van der Waals surface area (Å²) in [4.78, 5) is 12.1. The molecule has 2 N–H and O–H groups in total. The quantitative estimate of drug-likeness (QED) is 0.769. The van der Waals surface area contributed by atoms with Crippen molar-refractivity contribution < 1.29 is 26.4 Å². The number of halogens is 3. The summed E-state index contributed by atoms with van der Waals surface area (Å²) in [6, 6.07) is 4.83. The van der Waals surface area contributed by atoms with Gasteiger partial charge in [-0.3, -0.25) is 15.6 Å². The molecule has 0 bridgehead atoms. The van der Waals surface area contributed by atoms with E-state index in [1.165, 1.54) is 22.5 Å². The third-order valence-corrected chi connectivity index (χ3v) is 6.02. The van der Waals surface area contributed by atoms with Gasteiger partial charge in [0.05, 0.1) is 17.0 Å². The topological polar surface area (TPSA) is 78.5 Å². The fourth-order valence-electron chi connectivity index (χ4n) is 2.65. The van der Waals surface area contributed by atoms with E-state index in [9.17, 15) is 26.4 Å². The maximum Gasteiger partial charge on any atom is 0.418 e. The molecule has 1 aromatic carbocycles. The van der Waals surface area contributed by atoms with E-state index in [0.29, 0.717) is 12.8 Å². The van der Waals surface area contributed by atoms with Gasteiger partial charge in [-0.1, -0.05) is 12.1 Å². The average Bonchev–Trinajstić information content (AvgIpc) is 2.59. The average molecular weight is 379 g/mol. The van der Waals surface area contributed by atoms with Crippen LogP contribution in [0.2, 0.25) is 0 Å². The Labute approximate surface area is 144 Å². The number of nitrogens with zero attached hydrogens (tertiary/aromatic N) is 1. The van der Waals surface area contributed by atoms with Crippen LogP contribution in [-0.4, -0.2) is 37.5 Å². The molecule has 140 valence electrons. The van der Waals surface area contributed by atoms with Gasteiger partial charge in [-0.15, -0.1) is 0 Å². The molecule has 1 saturated heterocycles. The zero-order valence-electron chi connectivity index (χ0n) is 13.6. The fourth-order valence-corrected chi connectivity index (χ4v) is 3.78. The first kappa shape index (κ1) is 19.5. The first-order valence-electron chi connectivity index (χ1n) is 7.85. The number of benzene rings is 1. The van der Waals surface area contributed by atoms with Crippen molar-refractivity contribution in [1.29, 1.82) is 0 Å². The lowest BCUT2D eigenvalue weighted by Gasteiger charge is -2.30. The molecule has 1 heterocycles. The Morgan fingerprint density at radius 1 is 1.24 bits per heavy atom. The number of piperidine rings is 1. The van der Waals surface area contributed by atoms with Gasteiger partial charge >= 0.3 is 6.18 Å². The Hall–Kier alpha value is -1.81. The van der Waals surface area contributed by atoms with Crippen LogP contribution >= 0.6 is 0 Å². The van der Waals surface area contributed by atoms with Crippen LogP contribution in [0.5, 0.6) is 0 Å². The zero-order chi connectivity index (χ0) is 18.7. The van der Waals surface area contributed by atoms with Gasteiger partial charge in [0.2, 0.25) is 15.9 Å². The number of hydrogen-bond acceptors (Lipinski definition) is 4. The summed E-state index contributed by atoms with van der Waals surface area (Å²) in [5, 5.41) is 0. The van der Waals surface area contributed by atoms with E-state index in [1.807, 2.05) is 0 Å². The highest BCUT2D eigenvalue weighted by molar-refractivity contribution is 7.89. The molecule has 2 rings (SSSR count). The van der Waals surface area contributed by atoms with Gasteiger partial charge in [0.1, 0.15) is 0 Å². The van der Waals surface area contributed by atoms with Crippen LogP contribution in [0.1, 0.15) is 25.3 Å². The number of rotatable bonds is 5. The Morgan fingerprint density at radius 2 is 1.84 bits per heavy atom. The molecule has 1 amide bonds. The minimum atomic E-state index is -4.53. The highest BCUT2D eigenvalue weighted by atomic mass is 32.2. The fraction of sp³-hybridized carbons (Fsp3) is 0.533. The van der Waals surface area contributed by atoms with Crippen molar-refractivity contribution in [2.24, 2.45) is 5.92 Å². The standard InChI is InChI=1S/C15H20F3N3O3S/c1-2-25(23,24)21-9-7-11(8-10-21)14(22)20-19-13-6-4-3-5-12(13)15(16,17)18/h3-6,11,19H,2,7-10H2,1H3,(H,20,22). The van der Waals surface area contributed by atoms with Crippen LogP contribution in [-0.2, 0) is 21.0 Å². The number of para-hydroxylation sites is 1. The SMILES string of the molecule is CCS(=O)(=O)N1CCC(C(=O)NNc2ccccc2C(F)(F)F)CC1. The van der Waals surface area contributed by atoms with Crippen molar-refractivity contribution in [2.75, 3.05) is 24.3 Å². The minimum absolute atomic E-state index is 0.000352. The molecule has 10 heteroatoms. The van der Waals surface area contributed by atoms with Crippen molar-refractivity contribution in [1.82, 2.24) is 9.73 Å². The van der Waals surface area contributed by atoms with Gasteiger partial charge in [-0.2, -0.15) is 13.2 Å². The number of carbonyl (C=O) groups excluding carboxylic acids is 1. The molecule has 0 saturated carbocycles. The highest BCUT2D eigenvalue weighted by Crippen LogP contribution is 2.34. The molecule has 0 radical (unpaired) electrons. The van der Waals surface area contributed by atoms with Crippen molar-refractivity contribution >= 4 is 21.6 Å². The van der Waals surface area contributed by atoms with Gasteiger partial charge in [0, 0.05) is 19.0 Å². The van der Waals surface area contributed by atoms with Gasteiger partial charge in [0.15, 0.2) is 0 Å². The summed E-state index contributed by atoms with van der Waals surface area (Å²) >= 11 is 0. The van der Waals surface area contributed by atoms with Crippen molar-refractivity contribution in [3.05, 3.63) is 29.8 Å². The van der Waals surface area contributed by atoms with Crippen LogP contribution in [0.3, 0.4) is 0 Å². The van der Waals surface area contributed by atoms with Crippen LogP contribution in [0.15, 0.2) is 24.3 Å². The predicted octanol–water partition coefficient (Wildman–Crippen LogP) is 2.21. The van der Waals surface area contributed by atoms with E-state index in [0.717, 1.165) is 6.07 Å². The summed E-state index contributed by atoms with van der Waals surface area (Å²) in [7, 11) is -3.29. The first-order valence-corrected chi connectivity index (χ1v) is 9.46. The third kappa shape index (κ3) is 4.85. The molecule has 6 nitrogen and oxygen atoms in total. The summed E-state index contributed by atoms with van der Waals surface area (Å²) < 4.78 is 63.6. The third-order valence-electron chi connectivity index (χ3n) is 4.14. The summed E-state index contributed by atoms with van der Waals surface area (Å²) in [6.45, 7) is 2.01. The number of hydrazine groups is 1. The van der Waals surface area contributed by atoms with Gasteiger partial charge < -0.3 is 0 Å². The monoisotopic (exact) mass is 379 g/mol. The van der Waals surface area contributed by atoms with E-state index < -0.39 is 33.6 Å². The lowest BCUT2D eigenvalue weighted by atomic mass is 9.97. The molecule has 1 aliphatic heterocycles. The Balaban J connectivity index is 1.93. The number of alkyl halides is 3. The number of carbonyl (C=O) groups is 1. The number of anilines is 1. The van der Waals surface area contributed by atoms with E-state index in [2.05, 4.69) is 10.9 Å². The molecule has 1 aromatic rings. The minimum Gasteiger partial charge on any atom is -0.298 e. The summed E-state index contributed by atoms with van der Waals surface area (Å²) in [5.41, 5.74) is 3.49. The van der Waals surface area contributed by atoms with E-state index in [4.69, 9.17) is 0 Å². The molecule has 0 unspecified atom stereocenters. The van der Waals surface area contributed by atoms with Crippen molar-refractivity contribution in [3.8, 4) is 0 Å². The van der Waals surface area contributed by atoms with E-state index >= 15 is 0 Å². The lowest BCUT2D eigenvalue weighted by Crippen LogP contribution is -2.44. The molecular formula is C15H20F3N3O3S. The second kappa shape index (κ2) is 7.61. The second-order valence-corrected chi connectivity index (χ2v) is 7.99.